The van der Waals surface area contributed by atoms with Crippen LogP contribution in [0.3, 0.4) is 0 Å². The van der Waals surface area contributed by atoms with Crippen molar-refractivity contribution in [3.63, 3.8) is 0 Å². The van der Waals surface area contributed by atoms with Crippen LogP contribution in [0.15, 0.2) is 18.2 Å². The first-order valence-electron chi connectivity index (χ1n) is 7.53. The Hall–Kier alpha value is -2.24. The maximum atomic E-state index is 12.3. The monoisotopic (exact) mass is 323 g/mol. The molecule has 0 spiro atoms. The number of nitrogens with one attached hydrogen (secondary N) is 1. The highest BCUT2D eigenvalue weighted by atomic mass is 16.5. The number of hydrogen-bond acceptors (Lipinski definition) is 4. The van der Waals surface area contributed by atoms with E-state index in [0.29, 0.717) is 24.3 Å². The lowest BCUT2D eigenvalue weighted by Gasteiger charge is -2.26. The van der Waals surface area contributed by atoms with Crippen molar-refractivity contribution < 1.29 is 24.2 Å². The van der Waals surface area contributed by atoms with Gasteiger partial charge in [0, 0.05) is 5.92 Å². The molecule has 128 valence electrons. The van der Waals surface area contributed by atoms with Crippen LogP contribution >= 0.6 is 0 Å². The van der Waals surface area contributed by atoms with Gasteiger partial charge in [0.05, 0.1) is 14.2 Å². The van der Waals surface area contributed by atoms with E-state index in [1.54, 1.807) is 34.1 Å². The summed E-state index contributed by atoms with van der Waals surface area (Å²) in [4.78, 5) is 23.6. The summed E-state index contributed by atoms with van der Waals surface area (Å²) in [7, 11) is 3.11. The molecule has 0 saturated heterocycles. The van der Waals surface area contributed by atoms with E-state index >= 15 is 0 Å². The van der Waals surface area contributed by atoms with Gasteiger partial charge in [0.25, 0.3) is 0 Å². The van der Waals surface area contributed by atoms with E-state index in [2.05, 4.69) is 5.32 Å². The molecule has 0 aliphatic carbocycles. The average Bonchev–Trinajstić information content (AvgIpc) is 2.54. The van der Waals surface area contributed by atoms with E-state index in [9.17, 15) is 14.7 Å². The predicted molar refractivity (Wildman–Crippen MR) is 86.9 cm³/mol. The molecular weight excluding hydrogens is 298 g/mol. The quantitative estimate of drug-likeness (QED) is 0.766. The third-order valence-electron chi connectivity index (χ3n) is 4.02. The Kier molecular flexibility index (Phi) is 6.42. The number of hydrogen-bond donors (Lipinski definition) is 2. The van der Waals surface area contributed by atoms with Crippen molar-refractivity contribution in [2.45, 2.75) is 39.2 Å². The summed E-state index contributed by atoms with van der Waals surface area (Å²) in [6, 6.07) is 5.46. The van der Waals surface area contributed by atoms with Gasteiger partial charge in [-0.3, -0.25) is 4.79 Å². The smallest absolute Gasteiger partial charge is 0.329 e. The van der Waals surface area contributed by atoms with Gasteiger partial charge >= 0.3 is 5.97 Å². The SMILES string of the molecule is CCC(C)(NC(=O)C(C)Cc1ccc(OC)c(OC)c1)C(=O)O. The van der Waals surface area contributed by atoms with Crippen LogP contribution in [0.1, 0.15) is 32.8 Å². The van der Waals surface area contributed by atoms with E-state index in [0.717, 1.165) is 5.56 Å². The van der Waals surface area contributed by atoms with E-state index in [1.807, 2.05) is 12.1 Å². The lowest BCUT2D eigenvalue weighted by molar-refractivity contribution is -0.147. The second kappa shape index (κ2) is 7.85. The minimum absolute atomic E-state index is 0.286. The minimum Gasteiger partial charge on any atom is -0.493 e. The van der Waals surface area contributed by atoms with Gasteiger partial charge in [-0.1, -0.05) is 19.9 Å². The molecule has 6 nitrogen and oxygen atoms in total. The Morgan fingerprint density at radius 2 is 1.87 bits per heavy atom. The first-order valence-corrected chi connectivity index (χ1v) is 7.53. The topological polar surface area (TPSA) is 84.9 Å². The highest BCUT2D eigenvalue weighted by molar-refractivity contribution is 5.87. The van der Waals surface area contributed by atoms with Gasteiger partial charge in [-0.25, -0.2) is 4.79 Å². The van der Waals surface area contributed by atoms with Crippen molar-refractivity contribution in [1.29, 1.82) is 0 Å². The van der Waals surface area contributed by atoms with Crippen molar-refractivity contribution >= 4 is 11.9 Å². The number of carbonyl (C=O) groups excluding carboxylic acids is 1. The number of benzene rings is 1. The molecule has 0 radical (unpaired) electrons. The largest absolute Gasteiger partial charge is 0.493 e. The van der Waals surface area contributed by atoms with Gasteiger partial charge in [-0.05, 0) is 37.5 Å². The molecule has 1 amide bonds. The second-order valence-corrected chi connectivity index (χ2v) is 5.77. The minimum atomic E-state index is -1.25. The molecule has 2 unspecified atom stereocenters. The standard InChI is InChI=1S/C17H25NO5/c1-6-17(3,16(20)21)18-15(19)11(2)9-12-7-8-13(22-4)14(10-12)23-5/h7-8,10-11H,6,9H2,1-5H3,(H,18,19)(H,20,21). The van der Waals surface area contributed by atoms with Gasteiger partial charge in [-0.2, -0.15) is 0 Å². The summed E-state index contributed by atoms with van der Waals surface area (Å²) in [5.74, 6) is -0.462. The summed E-state index contributed by atoms with van der Waals surface area (Å²) < 4.78 is 10.4. The summed E-state index contributed by atoms with van der Waals surface area (Å²) >= 11 is 0. The Bertz CT molecular complexity index is 572. The van der Waals surface area contributed by atoms with Gasteiger partial charge in [0.2, 0.25) is 5.91 Å². The first kappa shape index (κ1) is 18.8. The van der Waals surface area contributed by atoms with Crippen LogP contribution in [0.5, 0.6) is 11.5 Å². The van der Waals surface area contributed by atoms with Crippen LogP contribution in [0.4, 0.5) is 0 Å². The zero-order chi connectivity index (χ0) is 17.6. The van der Waals surface area contributed by atoms with Crippen LogP contribution in [0.25, 0.3) is 0 Å². The van der Waals surface area contributed by atoms with Crippen molar-refractivity contribution in [1.82, 2.24) is 5.32 Å². The zero-order valence-electron chi connectivity index (χ0n) is 14.3. The lowest BCUT2D eigenvalue weighted by Crippen LogP contribution is -2.53. The third-order valence-corrected chi connectivity index (χ3v) is 4.02. The molecule has 6 heteroatoms. The van der Waals surface area contributed by atoms with Crippen molar-refractivity contribution in [3.8, 4) is 11.5 Å². The van der Waals surface area contributed by atoms with Crippen LogP contribution in [0, 0.1) is 5.92 Å². The van der Waals surface area contributed by atoms with Crippen LogP contribution in [-0.2, 0) is 16.0 Å². The van der Waals surface area contributed by atoms with Gasteiger partial charge in [0.1, 0.15) is 5.54 Å². The predicted octanol–water partition coefficient (Wildman–Crippen LogP) is 2.25. The van der Waals surface area contributed by atoms with E-state index in [1.165, 1.54) is 6.92 Å². The van der Waals surface area contributed by atoms with Crippen molar-refractivity contribution in [3.05, 3.63) is 23.8 Å². The molecule has 0 aliphatic heterocycles. The van der Waals surface area contributed by atoms with Gasteiger partial charge in [-0.15, -0.1) is 0 Å². The molecule has 1 rings (SSSR count). The lowest BCUT2D eigenvalue weighted by atomic mass is 9.95. The molecule has 0 heterocycles. The molecule has 0 saturated carbocycles. The molecule has 2 atom stereocenters. The molecule has 0 bridgehead atoms. The number of carboxylic acids is 1. The second-order valence-electron chi connectivity index (χ2n) is 5.77. The molecule has 1 aromatic carbocycles. The fourth-order valence-electron chi connectivity index (χ4n) is 2.14. The van der Waals surface area contributed by atoms with Crippen molar-refractivity contribution in [2.75, 3.05) is 14.2 Å². The van der Waals surface area contributed by atoms with Crippen LogP contribution < -0.4 is 14.8 Å². The van der Waals surface area contributed by atoms with Crippen molar-refractivity contribution in [2.24, 2.45) is 5.92 Å². The number of carboxylic acid groups (broad SMARTS) is 1. The fraction of sp³-hybridized carbons (Fsp3) is 0.529. The molecular formula is C17H25NO5. The number of carbonyl (C=O) groups is 2. The fourth-order valence-corrected chi connectivity index (χ4v) is 2.14. The van der Waals surface area contributed by atoms with Crippen LogP contribution in [0.2, 0.25) is 0 Å². The number of aliphatic carboxylic acids is 1. The third kappa shape index (κ3) is 4.61. The Labute approximate surface area is 136 Å². The Balaban J connectivity index is 2.81. The molecule has 0 fully saturated rings. The van der Waals surface area contributed by atoms with E-state index < -0.39 is 11.5 Å². The number of ether oxygens (including phenoxy) is 2. The zero-order valence-corrected chi connectivity index (χ0v) is 14.3. The summed E-state index contributed by atoms with van der Waals surface area (Å²) in [6.45, 7) is 5.01. The maximum absolute atomic E-state index is 12.3. The summed E-state index contributed by atoms with van der Waals surface area (Å²) in [5, 5.41) is 11.9. The Morgan fingerprint density at radius 1 is 1.26 bits per heavy atom. The average molecular weight is 323 g/mol. The molecule has 23 heavy (non-hydrogen) atoms. The number of rotatable bonds is 8. The van der Waals surface area contributed by atoms with E-state index in [-0.39, 0.29) is 11.8 Å². The van der Waals surface area contributed by atoms with Gasteiger partial charge in [0.15, 0.2) is 11.5 Å². The molecule has 1 aromatic rings. The highest BCUT2D eigenvalue weighted by Crippen LogP contribution is 2.28. The van der Waals surface area contributed by atoms with E-state index in [4.69, 9.17) is 9.47 Å². The highest BCUT2D eigenvalue weighted by Gasteiger charge is 2.33. The number of methoxy groups -OCH3 is 2. The Morgan fingerprint density at radius 3 is 2.35 bits per heavy atom. The van der Waals surface area contributed by atoms with Crippen LogP contribution in [-0.4, -0.2) is 36.7 Å². The molecule has 0 aromatic heterocycles. The van der Waals surface area contributed by atoms with Gasteiger partial charge < -0.3 is 19.9 Å². The summed E-state index contributed by atoms with van der Waals surface area (Å²) in [5.41, 5.74) is -0.332. The molecule has 0 aliphatic rings. The normalized spacial score (nSPS) is 14.5. The first-order chi connectivity index (χ1) is 10.8. The summed E-state index contributed by atoms with van der Waals surface area (Å²) in [6.07, 6.45) is 0.794. The maximum Gasteiger partial charge on any atom is 0.329 e. The molecule has 2 N–H and O–H groups in total. The number of amides is 1.